The molecule has 4 heteroatoms. The number of hydrogen-bond acceptors (Lipinski definition) is 2. The zero-order valence-corrected chi connectivity index (χ0v) is 8.22. The summed E-state index contributed by atoms with van der Waals surface area (Å²) in [7, 11) is 0. The van der Waals surface area contributed by atoms with Crippen LogP contribution in [-0.2, 0) is 0 Å². The summed E-state index contributed by atoms with van der Waals surface area (Å²) in [6, 6.07) is 4.65. The topological polar surface area (TPSA) is 53.1 Å². The van der Waals surface area contributed by atoms with Gasteiger partial charge in [-0.25, -0.2) is 0 Å². The molecule has 2 N–H and O–H groups in total. The maximum atomic E-state index is 11.1. The number of fused-ring (bicyclic) bond motifs is 1. The SMILES string of the molecule is Cc1ccc2c(O)cc(=O)[nH]c2c1Cl. The molecule has 2 aromatic rings. The number of halogens is 1. The first-order valence-electron chi connectivity index (χ1n) is 4.10. The molecule has 1 aromatic carbocycles. The molecule has 0 aliphatic rings. The average molecular weight is 210 g/mol. The minimum absolute atomic E-state index is 0.0503. The lowest BCUT2D eigenvalue weighted by Crippen LogP contribution is -2.03. The van der Waals surface area contributed by atoms with Crippen molar-refractivity contribution >= 4 is 22.5 Å². The first kappa shape index (κ1) is 9.09. The molecule has 1 heterocycles. The number of aromatic amines is 1. The minimum Gasteiger partial charge on any atom is -0.507 e. The lowest BCUT2D eigenvalue weighted by atomic mass is 10.1. The van der Waals surface area contributed by atoms with Gasteiger partial charge in [-0.3, -0.25) is 4.79 Å². The predicted molar refractivity (Wildman–Crippen MR) is 56.0 cm³/mol. The highest BCUT2D eigenvalue weighted by atomic mass is 35.5. The number of aryl methyl sites for hydroxylation is 1. The summed E-state index contributed by atoms with van der Waals surface area (Å²) in [5.74, 6) is -0.0503. The van der Waals surface area contributed by atoms with Gasteiger partial charge in [0.2, 0.25) is 0 Å². The number of nitrogens with one attached hydrogen (secondary N) is 1. The normalized spacial score (nSPS) is 10.7. The molecule has 1 aromatic heterocycles. The Morgan fingerprint density at radius 1 is 1.43 bits per heavy atom. The monoisotopic (exact) mass is 209 g/mol. The van der Waals surface area contributed by atoms with E-state index in [0.29, 0.717) is 15.9 Å². The number of H-pyrrole nitrogens is 1. The molecule has 0 atom stereocenters. The van der Waals surface area contributed by atoms with Crippen LogP contribution >= 0.6 is 11.6 Å². The summed E-state index contributed by atoms with van der Waals surface area (Å²) in [5.41, 5.74) is 0.986. The summed E-state index contributed by atoms with van der Waals surface area (Å²) in [5, 5.41) is 10.5. The van der Waals surface area contributed by atoms with Gasteiger partial charge >= 0.3 is 0 Å². The second kappa shape index (κ2) is 3.03. The Bertz CT molecular complexity index is 560. The number of benzene rings is 1. The Kier molecular flexibility index (Phi) is 1.97. The number of hydrogen-bond donors (Lipinski definition) is 2. The highest BCUT2D eigenvalue weighted by Gasteiger charge is 2.06. The summed E-state index contributed by atoms with van der Waals surface area (Å²) >= 11 is 5.99. The van der Waals surface area contributed by atoms with E-state index in [0.717, 1.165) is 11.6 Å². The van der Waals surface area contributed by atoms with Crippen LogP contribution in [0.2, 0.25) is 5.02 Å². The van der Waals surface area contributed by atoms with Crippen molar-refractivity contribution in [3.8, 4) is 5.75 Å². The van der Waals surface area contributed by atoms with E-state index >= 15 is 0 Å². The van der Waals surface area contributed by atoms with Gasteiger partial charge in [-0.2, -0.15) is 0 Å². The fourth-order valence-electron chi connectivity index (χ4n) is 1.38. The van der Waals surface area contributed by atoms with Gasteiger partial charge in [-0.15, -0.1) is 0 Å². The molecule has 0 saturated heterocycles. The molecular formula is C10H8ClNO2. The van der Waals surface area contributed by atoms with Gasteiger partial charge in [-0.1, -0.05) is 17.7 Å². The predicted octanol–water partition coefficient (Wildman–Crippen LogP) is 2.20. The number of pyridine rings is 1. The maximum absolute atomic E-state index is 11.1. The molecule has 0 spiro atoms. The fraction of sp³-hybridized carbons (Fsp3) is 0.100. The van der Waals surface area contributed by atoms with Crippen molar-refractivity contribution in [2.24, 2.45) is 0 Å². The van der Waals surface area contributed by atoms with Crippen molar-refractivity contribution in [2.75, 3.05) is 0 Å². The zero-order valence-electron chi connectivity index (χ0n) is 7.47. The van der Waals surface area contributed by atoms with Gasteiger partial charge in [0.25, 0.3) is 5.56 Å². The summed E-state index contributed by atoms with van der Waals surface area (Å²) in [6.45, 7) is 1.84. The molecule has 0 bridgehead atoms. The molecule has 0 amide bonds. The number of aromatic hydroxyl groups is 1. The van der Waals surface area contributed by atoms with Crippen LogP contribution in [0.3, 0.4) is 0 Å². The van der Waals surface area contributed by atoms with Crippen LogP contribution in [0, 0.1) is 6.92 Å². The summed E-state index contributed by atoms with van der Waals surface area (Å²) in [6.07, 6.45) is 0. The molecule has 0 unspecified atom stereocenters. The van der Waals surface area contributed by atoms with Crippen LogP contribution in [-0.4, -0.2) is 10.1 Å². The zero-order chi connectivity index (χ0) is 10.3. The average Bonchev–Trinajstić information content (AvgIpc) is 2.12. The van der Waals surface area contributed by atoms with Crippen LogP contribution in [0.5, 0.6) is 5.75 Å². The molecule has 2 rings (SSSR count). The van der Waals surface area contributed by atoms with Crippen molar-refractivity contribution in [3.05, 3.63) is 39.1 Å². The Morgan fingerprint density at radius 2 is 2.14 bits per heavy atom. The van der Waals surface area contributed by atoms with E-state index in [-0.39, 0.29) is 11.3 Å². The molecule has 72 valence electrons. The highest BCUT2D eigenvalue weighted by molar-refractivity contribution is 6.35. The second-order valence-corrected chi connectivity index (χ2v) is 3.52. The summed E-state index contributed by atoms with van der Waals surface area (Å²) < 4.78 is 0. The largest absolute Gasteiger partial charge is 0.507 e. The Hall–Kier alpha value is -1.48. The molecule has 0 aliphatic carbocycles. The van der Waals surface area contributed by atoms with E-state index in [1.807, 2.05) is 6.92 Å². The van der Waals surface area contributed by atoms with Gasteiger partial charge in [-0.05, 0) is 18.6 Å². The van der Waals surface area contributed by atoms with Crippen molar-refractivity contribution in [1.29, 1.82) is 0 Å². The van der Waals surface area contributed by atoms with Crippen molar-refractivity contribution < 1.29 is 5.11 Å². The third kappa shape index (κ3) is 1.26. The van der Waals surface area contributed by atoms with E-state index < -0.39 is 0 Å². The van der Waals surface area contributed by atoms with Crippen LogP contribution in [0.15, 0.2) is 23.0 Å². The van der Waals surface area contributed by atoms with Crippen LogP contribution in [0.4, 0.5) is 0 Å². The molecule has 0 fully saturated rings. The van der Waals surface area contributed by atoms with E-state index in [1.54, 1.807) is 12.1 Å². The lowest BCUT2D eigenvalue weighted by molar-refractivity contribution is 0.480. The van der Waals surface area contributed by atoms with Gasteiger partial charge in [0.15, 0.2) is 0 Å². The van der Waals surface area contributed by atoms with Crippen LogP contribution < -0.4 is 5.56 Å². The Balaban J connectivity index is 3.02. The summed E-state index contributed by atoms with van der Waals surface area (Å²) in [4.78, 5) is 13.7. The third-order valence-corrected chi connectivity index (χ3v) is 2.61. The molecule has 3 nitrogen and oxygen atoms in total. The first-order chi connectivity index (χ1) is 6.59. The van der Waals surface area contributed by atoms with E-state index in [1.165, 1.54) is 0 Å². The number of aromatic nitrogens is 1. The van der Waals surface area contributed by atoms with E-state index in [9.17, 15) is 9.90 Å². The molecule has 0 radical (unpaired) electrons. The Labute approximate surface area is 85.0 Å². The standard InChI is InChI=1S/C10H8ClNO2/c1-5-2-3-6-7(13)4-8(14)12-10(6)9(5)11/h2-4H,1H3,(H2,12,13,14). The van der Waals surface area contributed by atoms with Gasteiger partial charge < -0.3 is 10.1 Å². The highest BCUT2D eigenvalue weighted by Crippen LogP contribution is 2.28. The quantitative estimate of drug-likeness (QED) is 0.699. The van der Waals surface area contributed by atoms with Crippen LogP contribution in [0.1, 0.15) is 5.56 Å². The van der Waals surface area contributed by atoms with Crippen molar-refractivity contribution in [3.63, 3.8) is 0 Å². The number of rotatable bonds is 0. The Morgan fingerprint density at radius 3 is 2.86 bits per heavy atom. The fourth-order valence-corrected chi connectivity index (χ4v) is 1.59. The lowest BCUT2D eigenvalue weighted by Gasteiger charge is -2.04. The second-order valence-electron chi connectivity index (χ2n) is 3.14. The minimum atomic E-state index is -0.359. The van der Waals surface area contributed by atoms with Gasteiger partial charge in [0.1, 0.15) is 5.75 Å². The molecular weight excluding hydrogens is 202 g/mol. The van der Waals surface area contributed by atoms with Gasteiger partial charge in [0, 0.05) is 11.5 Å². The van der Waals surface area contributed by atoms with Crippen molar-refractivity contribution in [1.82, 2.24) is 4.98 Å². The first-order valence-corrected chi connectivity index (χ1v) is 4.48. The third-order valence-electron chi connectivity index (χ3n) is 2.13. The van der Waals surface area contributed by atoms with Crippen molar-refractivity contribution in [2.45, 2.75) is 6.92 Å². The molecule has 0 aliphatic heterocycles. The maximum Gasteiger partial charge on any atom is 0.252 e. The van der Waals surface area contributed by atoms with Crippen LogP contribution in [0.25, 0.3) is 10.9 Å². The molecule has 0 saturated carbocycles. The van der Waals surface area contributed by atoms with E-state index in [2.05, 4.69) is 4.98 Å². The smallest absolute Gasteiger partial charge is 0.252 e. The molecule has 14 heavy (non-hydrogen) atoms. The van der Waals surface area contributed by atoms with E-state index in [4.69, 9.17) is 11.6 Å². The van der Waals surface area contributed by atoms with Gasteiger partial charge in [0.05, 0.1) is 10.5 Å².